The first kappa shape index (κ1) is 14.5. The van der Waals surface area contributed by atoms with Gasteiger partial charge in [0.05, 0.1) is 8.07 Å². The minimum Gasteiger partial charge on any atom is -0.306 e. The van der Waals surface area contributed by atoms with Crippen LogP contribution in [0.25, 0.3) is 0 Å². The fourth-order valence-electron chi connectivity index (χ4n) is 5.48. The van der Waals surface area contributed by atoms with E-state index < -0.39 is 8.07 Å². The Morgan fingerprint density at radius 1 is 1.05 bits per heavy atom. The third kappa shape index (κ3) is 2.77. The molecule has 0 aliphatic heterocycles. The van der Waals surface area contributed by atoms with Gasteiger partial charge in [0.2, 0.25) is 0 Å². The number of hydrogen-bond acceptors (Lipinski definition) is 2. The normalized spacial score (nSPS) is 38.1. The van der Waals surface area contributed by atoms with Crippen molar-refractivity contribution in [2.75, 3.05) is 0 Å². The van der Waals surface area contributed by atoms with Crippen molar-refractivity contribution < 1.29 is 0 Å². The predicted molar refractivity (Wildman–Crippen MR) is 95.0 cm³/mol. The molecule has 4 aliphatic rings. The van der Waals surface area contributed by atoms with E-state index in [1.807, 2.05) is 0 Å². The maximum absolute atomic E-state index is 4.03. The summed E-state index contributed by atoms with van der Waals surface area (Å²) in [5.41, 5.74) is 0.512. The van der Waals surface area contributed by atoms with Crippen molar-refractivity contribution >= 4 is 23.9 Å². The maximum atomic E-state index is 4.03. The van der Waals surface area contributed by atoms with E-state index in [4.69, 9.17) is 0 Å². The fourth-order valence-corrected chi connectivity index (χ4v) is 8.38. The lowest BCUT2D eigenvalue weighted by molar-refractivity contribution is -0.0204. The quantitative estimate of drug-likeness (QED) is 0.814. The molecule has 116 valence electrons. The summed E-state index contributed by atoms with van der Waals surface area (Å²) in [5.74, 6) is 3.14. The van der Waals surface area contributed by atoms with Gasteiger partial charge in [-0.2, -0.15) is 0 Å². The summed E-state index contributed by atoms with van der Waals surface area (Å²) in [5, 5.41) is 4.03. The lowest BCUT2D eigenvalue weighted by Crippen LogP contribution is -2.58. The van der Waals surface area contributed by atoms with Crippen LogP contribution in [0, 0.1) is 17.8 Å². The molecule has 0 radical (unpaired) electrons. The molecule has 3 heteroatoms. The van der Waals surface area contributed by atoms with Crippen molar-refractivity contribution in [1.82, 2.24) is 5.32 Å². The molecule has 4 aliphatic carbocycles. The second-order valence-electron chi connectivity index (χ2n) is 9.07. The van der Waals surface area contributed by atoms with E-state index in [0.717, 1.165) is 24.3 Å². The predicted octanol–water partition coefficient (Wildman–Crippen LogP) is 4.35. The standard InChI is InChI=1S/C18H29NSSi/c1-21(2,3)17-5-4-16(20-17)12-19-18-9-13-6-14(10-18)8-15(7-13)11-18/h4-5,13-15,19H,6-12H2,1-3H3. The van der Waals surface area contributed by atoms with Gasteiger partial charge in [-0.05, 0) is 66.8 Å². The van der Waals surface area contributed by atoms with Crippen LogP contribution in [-0.2, 0) is 6.54 Å². The molecule has 0 unspecified atom stereocenters. The lowest BCUT2D eigenvalue weighted by atomic mass is 9.53. The van der Waals surface area contributed by atoms with Gasteiger partial charge in [-0.3, -0.25) is 0 Å². The summed E-state index contributed by atoms with van der Waals surface area (Å²) in [6, 6.07) is 4.78. The van der Waals surface area contributed by atoms with Crippen LogP contribution in [0.15, 0.2) is 12.1 Å². The minimum atomic E-state index is -1.12. The molecular formula is C18H29NSSi. The van der Waals surface area contributed by atoms with Crippen LogP contribution in [-0.4, -0.2) is 13.6 Å². The highest BCUT2D eigenvalue weighted by atomic mass is 32.1. The SMILES string of the molecule is C[Si](C)(C)c1ccc(CNC23CC4CC(CC(C4)C2)C3)s1. The van der Waals surface area contributed by atoms with Gasteiger partial charge in [0.15, 0.2) is 0 Å². The molecule has 0 aromatic carbocycles. The number of nitrogens with one attached hydrogen (secondary N) is 1. The summed E-state index contributed by atoms with van der Waals surface area (Å²) in [4.78, 5) is 1.56. The van der Waals surface area contributed by atoms with Gasteiger partial charge in [-0.1, -0.05) is 25.7 Å². The van der Waals surface area contributed by atoms with Gasteiger partial charge in [-0.25, -0.2) is 0 Å². The average Bonchev–Trinajstić information content (AvgIpc) is 2.83. The monoisotopic (exact) mass is 319 g/mol. The molecule has 4 bridgehead atoms. The Morgan fingerprint density at radius 3 is 2.10 bits per heavy atom. The highest BCUT2D eigenvalue weighted by molar-refractivity contribution is 7.26. The van der Waals surface area contributed by atoms with Crippen LogP contribution in [0.5, 0.6) is 0 Å². The summed E-state index contributed by atoms with van der Waals surface area (Å²) in [6.07, 6.45) is 9.01. The molecule has 0 atom stereocenters. The van der Waals surface area contributed by atoms with E-state index in [1.165, 1.54) is 19.3 Å². The first-order valence-corrected chi connectivity index (χ1v) is 13.1. The molecule has 1 aromatic heterocycles. The molecule has 0 saturated heterocycles. The minimum absolute atomic E-state index is 0.512. The summed E-state index contributed by atoms with van der Waals surface area (Å²) in [6.45, 7) is 8.47. The zero-order chi connectivity index (χ0) is 14.7. The molecule has 4 saturated carbocycles. The Balaban J connectivity index is 1.44. The lowest BCUT2D eigenvalue weighted by Gasteiger charge is -2.57. The highest BCUT2D eigenvalue weighted by Crippen LogP contribution is 2.55. The van der Waals surface area contributed by atoms with Gasteiger partial charge in [-0.15, -0.1) is 11.3 Å². The molecule has 1 N–H and O–H groups in total. The van der Waals surface area contributed by atoms with E-state index in [1.54, 1.807) is 28.6 Å². The van der Waals surface area contributed by atoms with Gasteiger partial charge in [0.25, 0.3) is 0 Å². The molecule has 21 heavy (non-hydrogen) atoms. The second-order valence-corrected chi connectivity index (χ2v) is 15.6. The number of hydrogen-bond donors (Lipinski definition) is 1. The topological polar surface area (TPSA) is 12.0 Å². The Labute approximate surface area is 134 Å². The maximum Gasteiger partial charge on any atom is 0.0904 e. The van der Waals surface area contributed by atoms with E-state index in [2.05, 4.69) is 48.4 Å². The largest absolute Gasteiger partial charge is 0.306 e. The van der Waals surface area contributed by atoms with Gasteiger partial charge >= 0.3 is 0 Å². The summed E-state index contributed by atoms with van der Waals surface area (Å²) >= 11 is 2.07. The zero-order valence-corrected chi connectivity index (χ0v) is 15.6. The van der Waals surface area contributed by atoms with Gasteiger partial charge < -0.3 is 5.32 Å². The highest BCUT2D eigenvalue weighted by Gasteiger charge is 2.50. The third-order valence-electron chi connectivity index (χ3n) is 6.08. The zero-order valence-electron chi connectivity index (χ0n) is 13.7. The number of rotatable bonds is 4. The molecule has 5 rings (SSSR count). The Bertz CT molecular complexity index is 492. The van der Waals surface area contributed by atoms with E-state index in [0.29, 0.717) is 5.54 Å². The molecule has 0 spiro atoms. The van der Waals surface area contributed by atoms with Crippen LogP contribution in [0.3, 0.4) is 0 Å². The second kappa shape index (κ2) is 4.94. The van der Waals surface area contributed by atoms with Crippen LogP contribution < -0.4 is 9.82 Å². The van der Waals surface area contributed by atoms with Crippen LogP contribution in [0.2, 0.25) is 19.6 Å². The molecule has 1 aromatic rings. The Kier molecular flexibility index (Phi) is 3.40. The Hall–Kier alpha value is -0.123. The fraction of sp³-hybridized carbons (Fsp3) is 0.778. The molecule has 1 nitrogen and oxygen atoms in total. The first-order chi connectivity index (χ1) is 9.92. The van der Waals surface area contributed by atoms with E-state index >= 15 is 0 Å². The van der Waals surface area contributed by atoms with Gasteiger partial charge in [0.1, 0.15) is 0 Å². The van der Waals surface area contributed by atoms with Crippen molar-refractivity contribution in [3.8, 4) is 0 Å². The molecule has 0 amide bonds. The molecule has 4 fully saturated rings. The summed E-state index contributed by atoms with van der Waals surface area (Å²) in [7, 11) is -1.12. The van der Waals surface area contributed by atoms with Crippen LogP contribution in [0.4, 0.5) is 0 Å². The van der Waals surface area contributed by atoms with E-state index in [9.17, 15) is 0 Å². The van der Waals surface area contributed by atoms with Crippen molar-refractivity contribution in [3.63, 3.8) is 0 Å². The molecule has 1 heterocycles. The summed E-state index contributed by atoms with van der Waals surface area (Å²) < 4.78 is 1.66. The third-order valence-corrected chi connectivity index (χ3v) is 10.8. The first-order valence-electron chi connectivity index (χ1n) is 8.76. The average molecular weight is 320 g/mol. The Morgan fingerprint density at radius 2 is 1.62 bits per heavy atom. The molecular weight excluding hydrogens is 290 g/mol. The number of thiophene rings is 1. The van der Waals surface area contributed by atoms with Crippen LogP contribution in [0.1, 0.15) is 43.4 Å². The van der Waals surface area contributed by atoms with E-state index in [-0.39, 0.29) is 0 Å². The van der Waals surface area contributed by atoms with Crippen molar-refractivity contribution in [2.24, 2.45) is 17.8 Å². The van der Waals surface area contributed by atoms with Gasteiger partial charge in [0, 0.05) is 17.0 Å². The van der Waals surface area contributed by atoms with Crippen LogP contribution >= 0.6 is 11.3 Å². The van der Waals surface area contributed by atoms with Crippen molar-refractivity contribution in [1.29, 1.82) is 0 Å². The van der Waals surface area contributed by atoms with Crippen molar-refractivity contribution in [3.05, 3.63) is 17.0 Å². The van der Waals surface area contributed by atoms with Crippen molar-refractivity contribution in [2.45, 2.75) is 70.2 Å². The smallest absolute Gasteiger partial charge is 0.0904 e.